The van der Waals surface area contributed by atoms with E-state index in [1.807, 2.05) is 19.1 Å². The Balaban J connectivity index is 2.32. The van der Waals surface area contributed by atoms with Crippen LogP contribution in [0, 0.1) is 12.7 Å². The Morgan fingerprint density at radius 1 is 1.24 bits per heavy atom. The summed E-state index contributed by atoms with van der Waals surface area (Å²) in [5.74, 6) is 0.0514. The van der Waals surface area contributed by atoms with Gasteiger partial charge < -0.3 is 5.73 Å². The number of rotatable bonds is 2. The number of fused-ring (bicyclic) bond motifs is 1. The number of nitrogen functional groups attached to an aromatic ring is 1. The normalized spacial score (nSPS) is 10.8. The molecule has 0 aliphatic carbocycles. The smallest absolute Gasteiger partial charge is 0.131 e. The fraction of sp³-hybridized carbons (Fsp3) is 0.0625. The Hall–Kier alpha value is -2.66. The molecule has 1 aromatic heterocycles. The first kappa shape index (κ1) is 13.3. The lowest BCUT2D eigenvalue weighted by Crippen LogP contribution is -1.96. The molecule has 0 atom stereocenters. The number of nitrogens with one attached hydrogen (secondary N) is 1. The molecule has 0 radical (unpaired) electrons. The van der Waals surface area contributed by atoms with E-state index < -0.39 is 0 Å². The van der Waals surface area contributed by atoms with Crippen LogP contribution in [0.1, 0.15) is 5.56 Å². The van der Waals surface area contributed by atoms with Crippen molar-refractivity contribution in [2.45, 2.75) is 6.92 Å². The van der Waals surface area contributed by atoms with Gasteiger partial charge in [0.2, 0.25) is 0 Å². The maximum atomic E-state index is 14.1. The highest BCUT2D eigenvalue weighted by atomic mass is 19.1. The Kier molecular flexibility index (Phi) is 3.19. The van der Waals surface area contributed by atoms with Gasteiger partial charge in [-0.3, -0.25) is 10.7 Å². The van der Waals surface area contributed by atoms with E-state index in [0.29, 0.717) is 22.6 Å². The predicted molar refractivity (Wildman–Crippen MR) is 81.7 cm³/mol. The zero-order valence-corrected chi connectivity index (χ0v) is 11.4. The number of aryl methyl sites for hydroxylation is 1. The number of halogens is 1. The quantitative estimate of drug-likeness (QED) is 0.627. The molecule has 0 fully saturated rings. The van der Waals surface area contributed by atoms with Crippen LogP contribution in [0.15, 0.2) is 42.6 Å². The number of benzene rings is 2. The first-order valence-corrected chi connectivity index (χ1v) is 6.45. The van der Waals surface area contributed by atoms with Crippen molar-refractivity contribution in [3.63, 3.8) is 0 Å². The SMILES string of the molecule is Cc1cccc(F)c1-c1cc(NO)c2cc(N)ncc2c1. The van der Waals surface area contributed by atoms with Gasteiger partial charge in [0.15, 0.2) is 0 Å². The predicted octanol–water partition coefficient (Wildman–Crippen LogP) is 3.73. The molecule has 3 aromatic rings. The van der Waals surface area contributed by atoms with Crippen molar-refractivity contribution < 1.29 is 9.60 Å². The third kappa shape index (κ3) is 2.28. The first-order chi connectivity index (χ1) is 10.1. The van der Waals surface area contributed by atoms with Gasteiger partial charge >= 0.3 is 0 Å². The number of nitrogens with two attached hydrogens (primary N) is 1. The highest BCUT2D eigenvalue weighted by Gasteiger charge is 2.12. The van der Waals surface area contributed by atoms with Crippen LogP contribution in [-0.2, 0) is 0 Å². The molecule has 21 heavy (non-hydrogen) atoms. The molecule has 0 saturated carbocycles. The molecule has 0 amide bonds. The van der Waals surface area contributed by atoms with Gasteiger partial charge in [-0.1, -0.05) is 12.1 Å². The van der Waals surface area contributed by atoms with Crippen LogP contribution >= 0.6 is 0 Å². The fourth-order valence-electron chi connectivity index (χ4n) is 2.51. The van der Waals surface area contributed by atoms with Crippen LogP contribution in [-0.4, -0.2) is 10.2 Å². The molecular formula is C16H14FN3O. The molecule has 2 aromatic carbocycles. The van der Waals surface area contributed by atoms with Gasteiger partial charge in [0, 0.05) is 22.5 Å². The lowest BCUT2D eigenvalue weighted by Gasteiger charge is -2.12. The van der Waals surface area contributed by atoms with Gasteiger partial charge in [-0.15, -0.1) is 0 Å². The molecule has 0 spiro atoms. The molecule has 4 nitrogen and oxygen atoms in total. The second-order valence-electron chi connectivity index (χ2n) is 4.90. The summed E-state index contributed by atoms with van der Waals surface area (Å²) in [7, 11) is 0. The molecule has 0 unspecified atom stereocenters. The third-order valence-corrected chi connectivity index (χ3v) is 3.49. The summed E-state index contributed by atoms with van der Waals surface area (Å²) in [5.41, 5.74) is 10.3. The molecule has 1 heterocycles. The minimum absolute atomic E-state index is 0.304. The molecule has 0 bridgehead atoms. The lowest BCUT2D eigenvalue weighted by atomic mass is 9.97. The Morgan fingerprint density at radius 3 is 2.76 bits per heavy atom. The molecule has 0 aliphatic rings. The standard InChI is InChI=1S/C16H14FN3O/c1-9-3-2-4-13(17)16(9)10-5-11-8-19-15(18)7-12(11)14(6-10)20-21/h2-8,20-21H,1H3,(H2,18,19). The van der Waals surface area contributed by atoms with E-state index in [9.17, 15) is 9.60 Å². The largest absolute Gasteiger partial charge is 0.384 e. The maximum Gasteiger partial charge on any atom is 0.131 e. The summed E-state index contributed by atoms with van der Waals surface area (Å²) in [6, 6.07) is 10.1. The number of nitrogens with zero attached hydrogens (tertiary/aromatic N) is 1. The minimum atomic E-state index is -0.304. The molecule has 4 N–H and O–H groups in total. The topological polar surface area (TPSA) is 71.2 Å². The van der Waals surface area contributed by atoms with Crippen molar-refractivity contribution in [3.05, 3.63) is 54.0 Å². The second-order valence-corrected chi connectivity index (χ2v) is 4.90. The van der Waals surface area contributed by atoms with Crippen molar-refractivity contribution in [2.75, 3.05) is 11.2 Å². The van der Waals surface area contributed by atoms with Crippen molar-refractivity contribution in [2.24, 2.45) is 0 Å². The number of hydrogen-bond donors (Lipinski definition) is 3. The van der Waals surface area contributed by atoms with Crippen LogP contribution in [0.3, 0.4) is 0 Å². The molecular weight excluding hydrogens is 269 g/mol. The summed E-state index contributed by atoms with van der Waals surface area (Å²) in [6.07, 6.45) is 1.60. The van der Waals surface area contributed by atoms with Crippen molar-refractivity contribution in [3.8, 4) is 11.1 Å². The molecule has 0 aliphatic heterocycles. The Bertz CT molecular complexity index is 813. The molecule has 3 rings (SSSR count). The van der Waals surface area contributed by atoms with Crippen molar-refractivity contribution in [1.82, 2.24) is 4.98 Å². The highest BCUT2D eigenvalue weighted by molar-refractivity contribution is 5.98. The fourth-order valence-corrected chi connectivity index (χ4v) is 2.51. The van der Waals surface area contributed by atoms with Crippen LogP contribution < -0.4 is 11.2 Å². The summed E-state index contributed by atoms with van der Waals surface area (Å²) in [5, 5.41) is 10.8. The Morgan fingerprint density at radius 2 is 2.05 bits per heavy atom. The van der Waals surface area contributed by atoms with E-state index in [1.54, 1.807) is 24.4 Å². The summed E-state index contributed by atoms with van der Waals surface area (Å²) in [4.78, 5) is 4.04. The average Bonchev–Trinajstić information content (AvgIpc) is 2.46. The zero-order chi connectivity index (χ0) is 15.0. The van der Waals surface area contributed by atoms with Gasteiger partial charge in [0.25, 0.3) is 0 Å². The lowest BCUT2D eigenvalue weighted by molar-refractivity contribution is 0.390. The summed E-state index contributed by atoms with van der Waals surface area (Å²) >= 11 is 0. The van der Waals surface area contributed by atoms with Crippen LogP contribution in [0.2, 0.25) is 0 Å². The number of aromatic nitrogens is 1. The van der Waals surface area contributed by atoms with Crippen LogP contribution in [0.4, 0.5) is 15.9 Å². The van der Waals surface area contributed by atoms with E-state index in [2.05, 4.69) is 10.5 Å². The van der Waals surface area contributed by atoms with Gasteiger partial charge in [0.05, 0.1) is 5.69 Å². The number of anilines is 2. The van der Waals surface area contributed by atoms with E-state index in [4.69, 9.17) is 5.73 Å². The highest BCUT2D eigenvalue weighted by Crippen LogP contribution is 2.34. The summed E-state index contributed by atoms with van der Waals surface area (Å²) in [6.45, 7) is 1.84. The minimum Gasteiger partial charge on any atom is -0.384 e. The maximum absolute atomic E-state index is 14.1. The average molecular weight is 283 g/mol. The van der Waals surface area contributed by atoms with E-state index in [-0.39, 0.29) is 5.82 Å². The van der Waals surface area contributed by atoms with Gasteiger partial charge in [-0.2, -0.15) is 0 Å². The van der Waals surface area contributed by atoms with Crippen LogP contribution in [0.5, 0.6) is 0 Å². The van der Waals surface area contributed by atoms with Gasteiger partial charge in [-0.05, 0) is 42.3 Å². The molecule has 0 saturated heterocycles. The van der Waals surface area contributed by atoms with Crippen molar-refractivity contribution in [1.29, 1.82) is 0 Å². The van der Waals surface area contributed by atoms with E-state index in [0.717, 1.165) is 16.3 Å². The third-order valence-electron chi connectivity index (χ3n) is 3.49. The summed E-state index contributed by atoms with van der Waals surface area (Å²) < 4.78 is 14.1. The number of hydrogen-bond acceptors (Lipinski definition) is 4. The van der Waals surface area contributed by atoms with Crippen molar-refractivity contribution >= 4 is 22.3 Å². The monoisotopic (exact) mass is 283 g/mol. The van der Waals surface area contributed by atoms with E-state index >= 15 is 0 Å². The van der Waals surface area contributed by atoms with Gasteiger partial charge in [0.1, 0.15) is 11.6 Å². The van der Waals surface area contributed by atoms with Crippen LogP contribution in [0.25, 0.3) is 21.9 Å². The van der Waals surface area contributed by atoms with E-state index in [1.165, 1.54) is 6.07 Å². The molecule has 106 valence electrons. The number of pyridine rings is 1. The van der Waals surface area contributed by atoms with Gasteiger partial charge in [-0.25, -0.2) is 9.37 Å². The molecule has 5 heteroatoms. The first-order valence-electron chi connectivity index (χ1n) is 6.45. The second kappa shape index (κ2) is 5.03. The zero-order valence-electron chi connectivity index (χ0n) is 11.4. The Labute approximate surface area is 121 Å².